The predicted octanol–water partition coefficient (Wildman–Crippen LogP) is 4.88. The molecule has 3 heterocycles. The van der Waals surface area contributed by atoms with E-state index in [1.807, 2.05) is 35.2 Å². The maximum absolute atomic E-state index is 13.7. The molecule has 2 aromatic carbocycles. The van der Waals surface area contributed by atoms with Crippen LogP contribution in [0.15, 0.2) is 59.8 Å². The molecule has 0 aliphatic carbocycles. The van der Waals surface area contributed by atoms with Gasteiger partial charge in [-0.15, -0.1) is 0 Å². The van der Waals surface area contributed by atoms with E-state index >= 15 is 0 Å². The number of halogens is 4. The fourth-order valence-electron chi connectivity index (χ4n) is 5.62. The van der Waals surface area contributed by atoms with Gasteiger partial charge in [-0.05, 0) is 62.8 Å². The Morgan fingerprint density at radius 2 is 1.85 bits per heavy atom. The fourth-order valence-corrected chi connectivity index (χ4v) is 5.81. The Labute approximate surface area is 244 Å². The van der Waals surface area contributed by atoms with E-state index in [0.717, 1.165) is 60.7 Å². The van der Waals surface area contributed by atoms with Crippen LogP contribution in [0.1, 0.15) is 24.0 Å². The molecular formula is C29H37ClF3N7O. The summed E-state index contributed by atoms with van der Waals surface area (Å²) in [5.74, 6) is 2.15. The van der Waals surface area contributed by atoms with Gasteiger partial charge in [0.2, 0.25) is 0 Å². The Bertz CT molecular complexity index is 1320. The number of nitrogens with one attached hydrogen (secondary N) is 3. The lowest BCUT2D eigenvalue weighted by Gasteiger charge is -2.40. The summed E-state index contributed by atoms with van der Waals surface area (Å²) in [5.41, 5.74) is 5.41. The molecule has 1 fully saturated rings. The van der Waals surface area contributed by atoms with Crippen LogP contribution in [-0.2, 0) is 12.7 Å². The van der Waals surface area contributed by atoms with Crippen LogP contribution in [0, 0.1) is 0 Å². The van der Waals surface area contributed by atoms with Crippen molar-refractivity contribution in [1.29, 1.82) is 0 Å². The molecule has 0 aromatic heterocycles. The van der Waals surface area contributed by atoms with Gasteiger partial charge in [-0.2, -0.15) is 13.2 Å². The number of hydrogen-bond acceptors (Lipinski definition) is 8. The van der Waals surface area contributed by atoms with Crippen LogP contribution in [0.2, 0.25) is 5.02 Å². The first-order valence-corrected chi connectivity index (χ1v) is 14.1. The van der Waals surface area contributed by atoms with Crippen LogP contribution >= 0.6 is 11.6 Å². The summed E-state index contributed by atoms with van der Waals surface area (Å²) in [4.78, 5) is 6.60. The summed E-state index contributed by atoms with van der Waals surface area (Å²) < 4.78 is 47.0. The van der Waals surface area contributed by atoms with E-state index in [1.54, 1.807) is 7.11 Å². The molecule has 0 saturated carbocycles. The highest BCUT2D eigenvalue weighted by molar-refractivity contribution is 6.30. The average molecular weight is 592 g/mol. The number of methoxy groups -OCH3 is 1. The molecule has 3 aliphatic heterocycles. The zero-order valence-electron chi connectivity index (χ0n) is 23.8. The summed E-state index contributed by atoms with van der Waals surface area (Å²) >= 11 is 6.09. The molecule has 0 atom stereocenters. The molecular weight excluding hydrogens is 555 g/mol. The molecule has 0 bridgehead atoms. The van der Waals surface area contributed by atoms with E-state index < -0.39 is 11.7 Å². The first-order valence-electron chi connectivity index (χ1n) is 13.7. The van der Waals surface area contributed by atoms with Crippen molar-refractivity contribution in [2.45, 2.75) is 31.6 Å². The zero-order chi connectivity index (χ0) is 29.3. The number of anilines is 2. The van der Waals surface area contributed by atoms with Gasteiger partial charge in [-0.1, -0.05) is 11.6 Å². The monoisotopic (exact) mass is 591 g/mol. The van der Waals surface area contributed by atoms with Crippen molar-refractivity contribution < 1.29 is 17.9 Å². The summed E-state index contributed by atoms with van der Waals surface area (Å²) in [5, 5.41) is 8.87. The molecule has 41 heavy (non-hydrogen) atoms. The lowest BCUT2D eigenvalue weighted by atomic mass is 10.0. The van der Waals surface area contributed by atoms with Gasteiger partial charge in [0, 0.05) is 68.7 Å². The van der Waals surface area contributed by atoms with Gasteiger partial charge in [0.25, 0.3) is 0 Å². The molecule has 0 amide bonds. The number of alkyl halides is 3. The molecule has 2 aromatic rings. The maximum Gasteiger partial charge on any atom is 0.416 e. The Kier molecular flexibility index (Phi) is 8.37. The highest BCUT2D eigenvalue weighted by Gasteiger charge is 2.35. The second-order valence-electron chi connectivity index (χ2n) is 10.8. The van der Waals surface area contributed by atoms with Gasteiger partial charge in [-0.25, -0.2) is 0 Å². The number of rotatable bonds is 7. The molecule has 12 heteroatoms. The minimum absolute atomic E-state index is 0.0631. The number of hydrogen-bond donors (Lipinski definition) is 3. The predicted molar refractivity (Wildman–Crippen MR) is 156 cm³/mol. The molecule has 3 aliphatic rings. The van der Waals surface area contributed by atoms with Crippen LogP contribution in [0.4, 0.5) is 24.5 Å². The van der Waals surface area contributed by atoms with Crippen molar-refractivity contribution in [3.63, 3.8) is 0 Å². The van der Waals surface area contributed by atoms with E-state index in [1.165, 1.54) is 12.1 Å². The average Bonchev–Trinajstić information content (AvgIpc) is 2.93. The first kappa shape index (κ1) is 29.1. The molecule has 222 valence electrons. The van der Waals surface area contributed by atoms with Crippen molar-refractivity contribution in [1.82, 2.24) is 25.6 Å². The van der Waals surface area contributed by atoms with Gasteiger partial charge < -0.3 is 30.1 Å². The largest absolute Gasteiger partial charge is 0.494 e. The van der Waals surface area contributed by atoms with Crippen LogP contribution in [0.3, 0.4) is 0 Å². The fraction of sp³-hybridized carbons (Fsp3) is 0.448. The topological polar surface area (TPSA) is 58.3 Å². The summed E-state index contributed by atoms with van der Waals surface area (Å²) in [6, 6.07) is 10.5. The number of piperidine rings is 1. The van der Waals surface area contributed by atoms with Crippen LogP contribution in [0.5, 0.6) is 5.75 Å². The second-order valence-corrected chi connectivity index (χ2v) is 11.2. The van der Waals surface area contributed by atoms with Gasteiger partial charge in [0.05, 0.1) is 24.1 Å². The number of hydrazine groups is 1. The molecule has 0 unspecified atom stereocenters. The Morgan fingerprint density at radius 1 is 1.10 bits per heavy atom. The second kappa shape index (κ2) is 11.8. The smallest absolute Gasteiger partial charge is 0.416 e. The third-order valence-electron chi connectivity index (χ3n) is 7.94. The first-order chi connectivity index (χ1) is 19.5. The van der Waals surface area contributed by atoms with Gasteiger partial charge in [-0.3, -0.25) is 10.4 Å². The van der Waals surface area contributed by atoms with E-state index in [-0.39, 0.29) is 17.1 Å². The highest BCUT2D eigenvalue weighted by atomic mass is 35.5. The van der Waals surface area contributed by atoms with Gasteiger partial charge in [0.15, 0.2) is 0 Å². The highest BCUT2D eigenvalue weighted by Crippen LogP contribution is 2.36. The SMILES string of the molecule is COc1cc(N2CCC(N(C)C)CC2)ccc1NC1=CC2=C(NCCN2Cc2cc(Cl)ccc2C(F)(F)F)NN1C. The van der Waals surface area contributed by atoms with Crippen LogP contribution in [-0.4, -0.2) is 75.3 Å². The van der Waals surface area contributed by atoms with Crippen molar-refractivity contribution >= 4 is 23.0 Å². The molecule has 8 nitrogen and oxygen atoms in total. The number of allylic oxidation sites excluding steroid dienone is 1. The molecule has 0 radical (unpaired) electrons. The van der Waals surface area contributed by atoms with Crippen molar-refractivity contribution in [3.8, 4) is 5.75 Å². The van der Waals surface area contributed by atoms with E-state index in [9.17, 15) is 13.2 Å². The zero-order valence-corrected chi connectivity index (χ0v) is 24.5. The summed E-state index contributed by atoms with van der Waals surface area (Å²) in [7, 11) is 7.79. The lowest BCUT2D eigenvalue weighted by Crippen LogP contribution is -2.50. The van der Waals surface area contributed by atoms with E-state index in [4.69, 9.17) is 16.3 Å². The molecule has 0 spiro atoms. The van der Waals surface area contributed by atoms with Crippen LogP contribution < -0.4 is 25.7 Å². The maximum atomic E-state index is 13.7. The van der Waals surface area contributed by atoms with E-state index in [2.05, 4.69) is 46.0 Å². The Morgan fingerprint density at radius 3 is 2.54 bits per heavy atom. The van der Waals surface area contributed by atoms with Gasteiger partial charge >= 0.3 is 6.18 Å². The number of benzene rings is 2. The molecule has 3 N–H and O–H groups in total. The molecule has 5 rings (SSSR count). The minimum Gasteiger partial charge on any atom is -0.494 e. The standard InChI is InChI=1S/C29H37ClF3N7O/c1-37(2)21-9-12-39(13-10-21)22-6-8-24(26(16-22)41-4)35-27-17-25-28(36-38(27)3)34-11-14-40(25)18-19-15-20(30)5-7-23(19)29(31,32)33/h5-8,15-17,21,34-36H,9-14,18H2,1-4H3. The van der Waals surface area contributed by atoms with Crippen molar-refractivity contribution in [3.05, 3.63) is 76.0 Å². The van der Waals surface area contributed by atoms with Crippen LogP contribution in [0.25, 0.3) is 0 Å². The molecule has 1 saturated heterocycles. The Hall–Kier alpha value is -3.44. The van der Waals surface area contributed by atoms with Crippen molar-refractivity contribution in [2.75, 3.05) is 64.6 Å². The summed E-state index contributed by atoms with van der Waals surface area (Å²) in [6.07, 6.45) is -0.320. The number of nitrogens with zero attached hydrogens (tertiary/aromatic N) is 4. The van der Waals surface area contributed by atoms with Gasteiger partial charge in [0.1, 0.15) is 17.4 Å². The lowest BCUT2D eigenvalue weighted by molar-refractivity contribution is -0.138. The normalized spacial score (nSPS) is 18.2. The van der Waals surface area contributed by atoms with Crippen molar-refractivity contribution in [2.24, 2.45) is 0 Å². The summed E-state index contributed by atoms with van der Waals surface area (Å²) in [6.45, 7) is 3.14. The Balaban J connectivity index is 1.37. The quantitative estimate of drug-likeness (QED) is 0.422. The number of ether oxygens (including phenoxy) is 1. The minimum atomic E-state index is -4.47. The van der Waals surface area contributed by atoms with E-state index in [0.29, 0.717) is 24.9 Å². The third-order valence-corrected chi connectivity index (χ3v) is 8.17. The third kappa shape index (κ3) is 6.41.